The molecule has 2 aromatic carbocycles. The van der Waals surface area contributed by atoms with Crippen molar-refractivity contribution in [2.45, 2.75) is 38.7 Å². The second-order valence-electron chi connectivity index (χ2n) is 6.16. The Kier molecular flexibility index (Phi) is 4.44. The molecular formula is C19H24N2O2. The largest absolute Gasteiger partial charge is 0.508 e. The van der Waals surface area contributed by atoms with Gasteiger partial charge in [-0.2, -0.15) is 0 Å². The van der Waals surface area contributed by atoms with Gasteiger partial charge in [-0.3, -0.25) is 0 Å². The first-order chi connectivity index (χ1) is 11.1. The highest BCUT2D eigenvalue weighted by Gasteiger charge is 2.27. The van der Waals surface area contributed by atoms with Crippen LogP contribution in [0, 0.1) is 0 Å². The summed E-state index contributed by atoms with van der Waals surface area (Å²) in [5.74, 6) is 7.73. The van der Waals surface area contributed by atoms with E-state index in [0.717, 1.165) is 29.0 Å². The molecule has 0 bridgehead atoms. The quantitative estimate of drug-likeness (QED) is 0.630. The van der Waals surface area contributed by atoms with Crippen molar-refractivity contribution >= 4 is 5.69 Å². The first-order valence-corrected chi connectivity index (χ1v) is 8.15. The molecule has 0 saturated heterocycles. The van der Waals surface area contributed by atoms with Crippen LogP contribution in [-0.2, 0) is 13.0 Å². The molecule has 2 aromatic rings. The monoisotopic (exact) mass is 312 g/mol. The Balaban J connectivity index is 1.88. The lowest BCUT2D eigenvalue weighted by atomic mass is 10.0. The van der Waals surface area contributed by atoms with E-state index in [2.05, 4.69) is 19.1 Å². The number of anilines is 1. The third kappa shape index (κ3) is 3.42. The van der Waals surface area contributed by atoms with Gasteiger partial charge in [0.2, 0.25) is 0 Å². The lowest BCUT2D eigenvalue weighted by Gasteiger charge is -2.21. The maximum Gasteiger partial charge on any atom is 0.123 e. The number of hydrazine groups is 1. The van der Waals surface area contributed by atoms with Crippen molar-refractivity contribution in [2.75, 3.05) is 12.1 Å². The fourth-order valence-corrected chi connectivity index (χ4v) is 2.99. The molecule has 1 fully saturated rings. The van der Waals surface area contributed by atoms with Gasteiger partial charge in [0.15, 0.2) is 0 Å². The number of aromatic hydroxyl groups is 1. The van der Waals surface area contributed by atoms with E-state index in [-0.39, 0.29) is 5.75 Å². The molecule has 3 N–H and O–H groups in total. The number of nitrogens with two attached hydrogens (primary N) is 1. The molecule has 1 saturated carbocycles. The standard InChI is InChI=1S/C19H24N2O2/c1-3-13-11-15(22)9-10-19(13)23-12-17-16(14-7-8-14)5-4-6-18(17)21(2)20/h4-6,9-11,14,22H,3,7-8,12,20H2,1-2H3. The van der Waals surface area contributed by atoms with Gasteiger partial charge in [0.25, 0.3) is 0 Å². The number of phenolic OH excluding ortho intramolecular Hbond substituents is 1. The van der Waals surface area contributed by atoms with Gasteiger partial charge in [-0.05, 0) is 60.6 Å². The van der Waals surface area contributed by atoms with Crippen LogP contribution in [0.4, 0.5) is 5.69 Å². The normalized spacial score (nSPS) is 13.9. The number of aryl methyl sites for hydroxylation is 1. The van der Waals surface area contributed by atoms with Crippen LogP contribution in [0.15, 0.2) is 36.4 Å². The lowest BCUT2D eigenvalue weighted by Crippen LogP contribution is -2.27. The molecule has 1 aliphatic rings. The van der Waals surface area contributed by atoms with E-state index in [0.29, 0.717) is 12.5 Å². The van der Waals surface area contributed by atoms with Crippen LogP contribution in [0.2, 0.25) is 0 Å². The molecule has 0 heterocycles. The molecular weight excluding hydrogens is 288 g/mol. The number of benzene rings is 2. The zero-order valence-electron chi connectivity index (χ0n) is 13.7. The molecule has 0 atom stereocenters. The van der Waals surface area contributed by atoms with Crippen molar-refractivity contribution < 1.29 is 9.84 Å². The lowest BCUT2D eigenvalue weighted by molar-refractivity contribution is 0.301. The number of hydrogen-bond acceptors (Lipinski definition) is 4. The van der Waals surface area contributed by atoms with E-state index in [4.69, 9.17) is 10.6 Å². The molecule has 0 aliphatic heterocycles. The average molecular weight is 312 g/mol. The third-order valence-corrected chi connectivity index (χ3v) is 4.38. The van der Waals surface area contributed by atoms with Gasteiger partial charge < -0.3 is 14.9 Å². The highest BCUT2D eigenvalue weighted by Crippen LogP contribution is 2.43. The summed E-state index contributed by atoms with van der Waals surface area (Å²) in [6.07, 6.45) is 3.30. The zero-order valence-corrected chi connectivity index (χ0v) is 13.7. The van der Waals surface area contributed by atoms with Crippen molar-refractivity contribution in [3.05, 3.63) is 53.1 Å². The van der Waals surface area contributed by atoms with Gasteiger partial charge in [-0.15, -0.1) is 0 Å². The first-order valence-electron chi connectivity index (χ1n) is 8.15. The molecule has 0 spiro atoms. The van der Waals surface area contributed by atoms with E-state index < -0.39 is 0 Å². The van der Waals surface area contributed by atoms with E-state index in [9.17, 15) is 5.11 Å². The van der Waals surface area contributed by atoms with Crippen LogP contribution in [0.25, 0.3) is 0 Å². The Bertz CT molecular complexity index is 674. The average Bonchev–Trinajstić information content (AvgIpc) is 3.38. The fraction of sp³-hybridized carbons (Fsp3) is 0.368. The predicted octanol–water partition coefficient (Wildman–Crippen LogP) is 3.72. The summed E-state index contributed by atoms with van der Waals surface area (Å²) in [7, 11) is 1.85. The van der Waals surface area contributed by atoms with Crippen LogP contribution in [0.3, 0.4) is 0 Å². The summed E-state index contributed by atoms with van der Waals surface area (Å²) >= 11 is 0. The van der Waals surface area contributed by atoms with Crippen molar-refractivity contribution in [1.29, 1.82) is 0 Å². The second kappa shape index (κ2) is 6.50. The second-order valence-corrected chi connectivity index (χ2v) is 6.16. The van der Waals surface area contributed by atoms with Gasteiger partial charge in [0.1, 0.15) is 18.1 Å². The maximum absolute atomic E-state index is 9.62. The summed E-state index contributed by atoms with van der Waals surface area (Å²) in [5, 5.41) is 11.3. The summed E-state index contributed by atoms with van der Waals surface area (Å²) in [6, 6.07) is 11.5. The van der Waals surface area contributed by atoms with E-state index in [1.54, 1.807) is 17.1 Å². The Labute approximate surface area is 137 Å². The molecule has 23 heavy (non-hydrogen) atoms. The summed E-state index contributed by atoms with van der Waals surface area (Å²) in [6.45, 7) is 2.54. The maximum atomic E-state index is 9.62. The van der Waals surface area contributed by atoms with Crippen LogP contribution >= 0.6 is 0 Å². The van der Waals surface area contributed by atoms with Gasteiger partial charge in [-0.25, -0.2) is 5.84 Å². The van der Waals surface area contributed by atoms with Crippen molar-refractivity contribution in [1.82, 2.24) is 0 Å². The highest BCUT2D eigenvalue weighted by atomic mass is 16.5. The summed E-state index contributed by atoms with van der Waals surface area (Å²) < 4.78 is 6.09. The molecule has 122 valence electrons. The minimum atomic E-state index is 0.273. The van der Waals surface area contributed by atoms with Gasteiger partial charge >= 0.3 is 0 Å². The van der Waals surface area contributed by atoms with Crippen LogP contribution in [0.5, 0.6) is 11.5 Å². The Morgan fingerprint density at radius 2 is 2.04 bits per heavy atom. The minimum Gasteiger partial charge on any atom is -0.508 e. The molecule has 1 aliphatic carbocycles. The molecule has 0 unspecified atom stereocenters. The van der Waals surface area contributed by atoms with Gasteiger partial charge in [0.05, 0.1) is 5.69 Å². The zero-order chi connectivity index (χ0) is 16.4. The third-order valence-electron chi connectivity index (χ3n) is 4.38. The number of ether oxygens (including phenoxy) is 1. The van der Waals surface area contributed by atoms with E-state index >= 15 is 0 Å². The summed E-state index contributed by atoms with van der Waals surface area (Å²) in [4.78, 5) is 0. The van der Waals surface area contributed by atoms with E-state index in [1.165, 1.54) is 18.4 Å². The Hall–Kier alpha value is -2.20. The molecule has 3 rings (SSSR count). The highest BCUT2D eigenvalue weighted by molar-refractivity contribution is 5.57. The van der Waals surface area contributed by atoms with Crippen LogP contribution < -0.4 is 15.6 Å². The summed E-state index contributed by atoms with van der Waals surface area (Å²) in [5.41, 5.74) is 4.52. The van der Waals surface area contributed by atoms with Gasteiger partial charge in [0, 0.05) is 12.6 Å². The SMILES string of the molecule is CCc1cc(O)ccc1OCc1c(C2CC2)cccc1N(C)N. The number of rotatable bonds is 6. The number of nitrogens with zero attached hydrogens (tertiary/aromatic N) is 1. The number of hydrogen-bond donors (Lipinski definition) is 2. The minimum absolute atomic E-state index is 0.273. The molecule has 4 nitrogen and oxygen atoms in total. The van der Waals surface area contributed by atoms with Crippen molar-refractivity contribution in [3.8, 4) is 11.5 Å². The van der Waals surface area contributed by atoms with Crippen LogP contribution in [0.1, 0.15) is 42.4 Å². The molecule has 0 radical (unpaired) electrons. The molecule has 4 heteroatoms. The fourth-order valence-electron chi connectivity index (χ4n) is 2.99. The molecule has 0 amide bonds. The van der Waals surface area contributed by atoms with Crippen molar-refractivity contribution in [3.63, 3.8) is 0 Å². The van der Waals surface area contributed by atoms with Gasteiger partial charge in [-0.1, -0.05) is 19.1 Å². The Morgan fingerprint density at radius 3 is 2.70 bits per heavy atom. The first kappa shape index (κ1) is 15.7. The smallest absolute Gasteiger partial charge is 0.123 e. The number of phenols is 1. The topological polar surface area (TPSA) is 58.7 Å². The van der Waals surface area contributed by atoms with E-state index in [1.807, 2.05) is 19.2 Å². The van der Waals surface area contributed by atoms with Crippen molar-refractivity contribution in [2.24, 2.45) is 5.84 Å². The van der Waals surface area contributed by atoms with Crippen LogP contribution in [-0.4, -0.2) is 12.2 Å². The predicted molar refractivity (Wildman–Crippen MR) is 92.8 cm³/mol. The molecule has 0 aromatic heterocycles. The Morgan fingerprint density at radius 1 is 1.26 bits per heavy atom.